The van der Waals surface area contributed by atoms with Gasteiger partial charge in [0.25, 0.3) is 0 Å². The predicted octanol–water partition coefficient (Wildman–Crippen LogP) is 3.39. The molecule has 0 radical (unpaired) electrons. The van der Waals surface area contributed by atoms with Gasteiger partial charge in [0.2, 0.25) is 0 Å². The largest absolute Gasteiger partial charge is 0.103 e. The minimum Gasteiger partial charge on any atom is -0.103 e. The minimum absolute atomic E-state index is 0.907. The summed E-state index contributed by atoms with van der Waals surface area (Å²) in [5, 5.41) is 0. The molecule has 0 aliphatic rings. The molecule has 0 aromatic rings. The first-order chi connectivity index (χ1) is 4.31. The molecule has 0 saturated carbocycles. The molecule has 0 heteroatoms. The van der Waals surface area contributed by atoms with E-state index < -0.39 is 0 Å². The van der Waals surface area contributed by atoms with E-state index in [2.05, 4.69) is 20.4 Å². The summed E-state index contributed by atoms with van der Waals surface area (Å²) in [6.07, 6.45) is 7.19. The van der Waals surface area contributed by atoms with Gasteiger partial charge in [-0.3, -0.25) is 0 Å². The van der Waals surface area contributed by atoms with E-state index in [4.69, 9.17) is 0 Å². The summed E-state index contributed by atoms with van der Waals surface area (Å²) in [5.41, 5.74) is 0. The highest BCUT2D eigenvalue weighted by molar-refractivity contribution is 4.66. The van der Waals surface area contributed by atoms with Crippen LogP contribution in [0.1, 0.15) is 39.5 Å². The first kappa shape index (κ1) is 8.74. The van der Waals surface area contributed by atoms with Crippen molar-refractivity contribution in [2.24, 2.45) is 5.92 Å². The molecular formula is C9H18. The van der Waals surface area contributed by atoms with Gasteiger partial charge in [-0.2, -0.15) is 0 Å². The van der Waals surface area contributed by atoms with Crippen molar-refractivity contribution >= 4 is 0 Å². The molecule has 0 unspecified atom stereocenters. The van der Waals surface area contributed by atoms with Crippen LogP contribution in [-0.4, -0.2) is 0 Å². The van der Waals surface area contributed by atoms with Crippen LogP contribution < -0.4 is 0 Å². The molecule has 1 atom stereocenters. The van der Waals surface area contributed by atoms with Gasteiger partial charge in [-0.05, 0) is 18.8 Å². The summed E-state index contributed by atoms with van der Waals surface area (Å²) in [5.74, 6) is 0.907. The monoisotopic (exact) mass is 126 g/mol. The fraction of sp³-hybridized carbons (Fsp3) is 0.778. The van der Waals surface area contributed by atoms with Gasteiger partial charge in [0.1, 0.15) is 0 Å². The Labute approximate surface area is 59.0 Å². The highest BCUT2D eigenvalue weighted by Gasteiger charge is 1.95. The third-order valence-electron chi connectivity index (χ3n) is 1.80. The summed E-state index contributed by atoms with van der Waals surface area (Å²) in [6.45, 7) is 8.24. The van der Waals surface area contributed by atoms with Crippen LogP contribution in [0.15, 0.2) is 12.7 Å². The van der Waals surface area contributed by atoms with Crippen molar-refractivity contribution in [3.63, 3.8) is 0 Å². The van der Waals surface area contributed by atoms with Crippen molar-refractivity contribution in [3.8, 4) is 0 Å². The van der Waals surface area contributed by atoms with Crippen LogP contribution in [0.3, 0.4) is 0 Å². The zero-order valence-corrected chi connectivity index (χ0v) is 6.69. The molecule has 0 heterocycles. The lowest BCUT2D eigenvalue weighted by Crippen LogP contribution is -1.90. The lowest BCUT2D eigenvalue weighted by Gasteiger charge is -2.04. The second kappa shape index (κ2) is 5.87. The van der Waals surface area contributed by atoms with E-state index >= 15 is 0 Å². The molecular weight excluding hydrogens is 108 g/mol. The predicted molar refractivity (Wildman–Crippen MR) is 43.5 cm³/mol. The maximum absolute atomic E-state index is 3.68. The van der Waals surface area contributed by atoms with Gasteiger partial charge in [0.15, 0.2) is 0 Å². The van der Waals surface area contributed by atoms with Crippen LogP contribution in [0.5, 0.6) is 0 Å². The van der Waals surface area contributed by atoms with Crippen LogP contribution in [0.2, 0.25) is 0 Å². The van der Waals surface area contributed by atoms with Crippen molar-refractivity contribution in [1.82, 2.24) is 0 Å². The van der Waals surface area contributed by atoms with Crippen LogP contribution in [0, 0.1) is 5.92 Å². The Hall–Kier alpha value is -0.260. The van der Waals surface area contributed by atoms with E-state index in [0.29, 0.717) is 0 Å². The molecule has 0 nitrogen and oxygen atoms in total. The molecule has 54 valence electrons. The van der Waals surface area contributed by atoms with Crippen molar-refractivity contribution in [2.75, 3.05) is 0 Å². The second-order valence-electron chi connectivity index (χ2n) is 2.73. The highest BCUT2D eigenvalue weighted by atomic mass is 14.0. The van der Waals surface area contributed by atoms with Gasteiger partial charge < -0.3 is 0 Å². The van der Waals surface area contributed by atoms with E-state index in [1.165, 1.54) is 25.7 Å². The Bertz CT molecular complexity index is 64.4. The summed E-state index contributed by atoms with van der Waals surface area (Å²) < 4.78 is 0. The number of unbranched alkanes of at least 4 members (excludes halogenated alkanes) is 1. The lowest BCUT2D eigenvalue weighted by atomic mass is 10.0. The van der Waals surface area contributed by atoms with Gasteiger partial charge in [-0.1, -0.05) is 32.8 Å². The molecule has 0 amide bonds. The van der Waals surface area contributed by atoms with Crippen molar-refractivity contribution in [1.29, 1.82) is 0 Å². The fourth-order valence-corrected chi connectivity index (χ4v) is 0.815. The fourth-order valence-electron chi connectivity index (χ4n) is 0.815. The average molecular weight is 126 g/mol. The van der Waals surface area contributed by atoms with Crippen LogP contribution in [-0.2, 0) is 0 Å². The van der Waals surface area contributed by atoms with E-state index in [0.717, 1.165) is 5.92 Å². The van der Waals surface area contributed by atoms with Crippen LogP contribution in [0.4, 0.5) is 0 Å². The van der Waals surface area contributed by atoms with Gasteiger partial charge in [-0.25, -0.2) is 0 Å². The Morgan fingerprint density at radius 1 is 1.56 bits per heavy atom. The normalized spacial score (nSPS) is 13.1. The molecule has 9 heavy (non-hydrogen) atoms. The molecule has 0 rings (SSSR count). The zero-order valence-electron chi connectivity index (χ0n) is 6.69. The molecule has 0 spiro atoms. The minimum atomic E-state index is 0.907. The Kier molecular flexibility index (Phi) is 5.70. The van der Waals surface area contributed by atoms with Gasteiger partial charge in [-0.15, -0.1) is 6.58 Å². The molecule has 0 saturated heterocycles. The van der Waals surface area contributed by atoms with Crippen molar-refractivity contribution in [3.05, 3.63) is 12.7 Å². The standard InChI is InChI=1S/C9H18/c1-4-6-7-8-9(3)5-2/h4,9H,1,5-8H2,2-3H3/t9-/m1/s1. The summed E-state index contributed by atoms with van der Waals surface area (Å²) in [4.78, 5) is 0. The zero-order chi connectivity index (χ0) is 7.11. The molecule has 0 bridgehead atoms. The Morgan fingerprint density at radius 2 is 2.22 bits per heavy atom. The Morgan fingerprint density at radius 3 is 2.67 bits per heavy atom. The quantitative estimate of drug-likeness (QED) is 0.391. The average Bonchev–Trinajstić information content (AvgIpc) is 1.89. The van der Waals surface area contributed by atoms with Crippen molar-refractivity contribution < 1.29 is 0 Å². The molecule has 0 N–H and O–H groups in total. The molecule has 0 aliphatic heterocycles. The number of hydrogen-bond donors (Lipinski definition) is 0. The Balaban J connectivity index is 2.96. The maximum Gasteiger partial charge on any atom is -0.0353 e. The van der Waals surface area contributed by atoms with E-state index in [9.17, 15) is 0 Å². The van der Waals surface area contributed by atoms with E-state index in [-0.39, 0.29) is 0 Å². The first-order valence-electron chi connectivity index (χ1n) is 3.92. The second-order valence-corrected chi connectivity index (χ2v) is 2.73. The lowest BCUT2D eigenvalue weighted by molar-refractivity contribution is 0.498. The number of rotatable bonds is 5. The van der Waals surface area contributed by atoms with Gasteiger partial charge in [0.05, 0.1) is 0 Å². The summed E-state index contributed by atoms with van der Waals surface area (Å²) in [6, 6.07) is 0. The summed E-state index contributed by atoms with van der Waals surface area (Å²) in [7, 11) is 0. The highest BCUT2D eigenvalue weighted by Crippen LogP contribution is 2.10. The molecule has 0 aromatic heterocycles. The third-order valence-corrected chi connectivity index (χ3v) is 1.80. The van der Waals surface area contributed by atoms with Gasteiger partial charge >= 0.3 is 0 Å². The van der Waals surface area contributed by atoms with E-state index in [1.54, 1.807) is 0 Å². The van der Waals surface area contributed by atoms with Crippen LogP contribution in [0.25, 0.3) is 0 Å². The SMILES string of the molecule is C=CCCC[C@H](C)CC. The van der Waals surface area contributed by atoms with Crippen LogP contribution >= 0.6 is 0 Å². The smallest absolute Gasteiger partial charge is 0.0353 e. The topological polar surface area (TPSA) is 0 Å². The van der Waals surface area contributed by atoms with Gasteiger partial charge in [0, 0.05) is 0 Å². The maximum atomic E-state index is 3.68. The summed E-state index contributed by atoms with van der Waals surface area (Å²) >= 11 is 0. The van der Waals surface area contributed by atoms with E-state index in [1.807, 2.05) is 6.08 Å². The number of allylic oxidation sites excluding steroid dienone is 1. The molecule has 0 fully saturated rings. The molecule has 0 aliphatic carbocycles. The number of hydrogen-bond acceptors (Lipinski definition) is 0. The molecule has 0 aromatic carbocycles. The first-order valence-corrected chi connectivity index (χ1v) is 3.92. The van der Waals surface area contributed by atoms with Crippen molar-refractivity contribution in [2.45, 2.75) is 39.5 Å². The third kappa shape index (κ3) is 5.61.